The second kappa shape index (κ2) is 10.9. The number of aromatic nitrogens is 2. The quantitative estimate of drug-likeness (QED) is 0.496. The summed E-state index contributed by atoms with van der Waals surface area (Å²) in [5.41, 5.74) is 4.25. The smallest absolute Gasteiger partial charge is 0.325 e. The molecular formula is C25H23Cl2N5O. The number of anilines is 1. The van der Waals surface area contributed by atoms with Crippen molar-refractivity contribution in [1.29, 1.82) is 5.26 Å². The Morgan fingerprint density at radius 3 is 2.64 bits per heavy atom. The first-order valence-corrected chi connectivity index (χ1v) is 10.7. The molecule has 0 saturated carbocycles. The molecule has 0 radical (unpaired) electrons. The number of halogens is 2. The Kier molecular flexibility index (Phi) is 8.01. The number of urea groups is 1. The van der Waals surface area contributed by atoms with E-state index in [0.717, 1.165) is 22.5 Å². The lowest BCUT2D eigenvalue weighted by atomic mass is 10.0. The van der Waals surface area contributed by atoms with Gasteiger partial charge in [-0.3, -0.25) is 4.90 Å². The fourth-order valence-electron chi connectivity index (χ4n) is 3.89. The van der Waals surface area contributed by atoms with E-state index in [2.05, 4.69) is 27.9 Å². The number of H-pyrrole nitrogens is 1. The summed E-state index contributed by atoms with van der Waals surface area (Å²) in [5, 5.41) is 9.66. The number of imidazole rings is 1. The number of nitriles is 1. The van der Waals surface area contributed by atoms with Crippen molar-refractivity contribution in [3.8, 4) is 17.9 Å². The number of carbonyl (C=O) groups excluding carboxylic acids is 1. The highest BCUT2D eigenvalue weighted by Gasteiger charge is 2.36. The maximum atomic E-state index is 13.4. The average Bonchev–Trinajstić information content (AvgIpc) is 3.47. The molecule has 2 aromatic carbocycles. The van der Waals surface area contributed by atoms with Crippen molar-refractivity contribution >= 4 is 35.7 Å². The van der Waals surface area contributed by atoms with E-state index in [1.807, 2.05) is 35.2 Å². The summed E-state index contributed by atoms with van der Waals surface area (Å²) in [6.45, 7) is 2.95. The van der Waals surface area contributed by atoms with Crippen LogP contribution in [-0.2, 0) is 12.8 Å². The SMILES string of the molecule is CC#CCc1ccc(N2CCN(C(Cc3ccc(C#N)cc3)c3cnc[nH]3)C2=O)cc1Cl.Cl. The first-order valence-electron chi connectivity index (χ1n) is 10.3. The number of benzene rings is 2. The van der Waals surface area contributed by atoms with Gasteiger partial charge in [0.05, 0.1) is 35.9 Å². The number of hydrogen-bond donors (Lipinski definition) is 1. The number of carbonyl (C=O) groups is 1. The Hall–Kier alpha value is -3.45. The van der Waals surface area contributed by atoms with Gasteiger partial charge in [-0.15, -0.1) is 18.3 Å². The van der Waals surface area contributed by atoms with E-state index in [1.165, 1.54) is 0 Å². The van der Waals surface area contributed by atoms with Gasteiger partial charge in [0.1, 0.15) is 0 Å². The highest BCUT2D eigenvalue weighted by molar-refractivity contribution is 6.31. The molecule has 1 saturated heterocycles. The Morgan fingerprint density at radius 1 is 1.21 bits per heavy atom. The third-order valence-corrected chi connectivity index (χ3v) is 5.96. The Bertz CT molecular complexity index is 1210. The molecule has 1 atom stereocenters. The molecule has 6 nitrogen and oxygen atoms in total. The molecule has 0 aliphatic carbocycles. The van der Waals surface area contributed by atoms with Crippen LogP contribution in [0, 0.1) is 23.2 Å². The Balaban J connectivity index is 0.00000306. The van der Waals surface area contributed by atoms with Gasteiger partial charge in [-0.05, 0) is 48.7 Å². The van der Waals surface area contributed by atoms with E-state index >= 15 is 0 Å². The zero-order chi connectivity index (χ0) is 22.5. The zero-order valence-corrected chi connectivity index (χ0v) is 19.7. The lowest BCUT2D eigenvalue weighted by Gasteiger charge is -2.27. The minimum atomic E-state index is -0.197. The van der Waals surface area contributed by atoms with Gasteiger partial charge in [-0.25, -0.2) is 9.78 Å². The highest BCUT2D eigenvalue weighted by Crippen LogP contribution is 2.32. The largest absolute Gasteiger partial charge is 0.347 e. The predicted octanol–water partition coefficient (Wildman–Crippen LogP) is 5.15. The van der Waals surface area contributed by atoms with Crippen LogP contribution in [0.15, 0.2) is 55.0 Å². The molecule has 1 unspecified atom stereocenters. The van der Waals surface area contributed by atoms with Gasteiger partial charge in [-0.1, -0.05) is 35.7 Å². The fourth-order valence-corrected chi connectivity index (χ4v) is 4.13. The van der Waals surface area contributed by atoms with Crippen LogP contribution in [-0.4, -0.2) is 34.0 Å². The molecule has 2 heterocycles. The standard InChI is InChI=1S/C25H22ClN5O.ClH/c1-2-3-4-20-9-10-21(14-22(20)26)30-11-12-31(25(30)32)24(23-16-28-17-29-23)13-18-5-7-19(15-27)8-6-18;/h5-10,14,16-17,24H,4,11-13H2,1H3,(H,28,29);1H. The molecule has 1 fully saturated rings. The van der Waals surface area contributed by atoms with E-state index < -0.39 is 0 Å². The van der Waals surface area contributed by atoms with Crippen LogP contribution in [0.4, 0.5) is 10.5 Å². The maximum Gasteiger partial charge on any atom is 0.325 e. The molecule has 1 N–H and O–H groups in total. The lowest BCUT2D eigenvalue weighted by molar-refractivity contribution is 0.199. The summed E-state index contributed by atoms with van der Waals surface area (Å²) in [6.07, 6.45) is 4.58. The second-order valence-corrected chi connectivity index (χ2v) is 7.95. The van der Waals surface area contributed by atoms with Crippen LogP contribution < -0.4 is 4.90 Å². The van der Waals surface area contributed by atoms with Gasteiger partial charge in [0.15, 0.2) is 0 Å². The van der Waals surface area contributed by atoms with Crippen molar-refractivity contribution in [3.63, 3.8) is 0 Å². The first-order chi connectivity index (χ1) is 15.6. The number of rotatable bonds is 6. The second-order valence-electron chi connectivity index (χ2n) is 7.54. The lowest BCUT2D eigenvalue weighted by Crippen LogP contribution is -2.35. The van der Waals surface area contributed by atoms with Crippen LogP contribution in [0.3, 0.4) is 0 Å². The van der Waals surface area contributed by atoms with Crippen LogP contribution >= 0.6 is 24.0 Å². The van der Waals surface area contributed by atoms with E-state index in [4.69, 9.17) is 16.9 Å². The molecule has 2 amide bonds. The normalized spacial score (nSPS) is 13.7. The van der Waals surface area contributed by atoms with Crippen molar-refractivity contribution in [1.82, 2.24) is 14.9 Å². The van der Waals surface area contributed by atoms with Crippen molar-refractivity contribution in [2.45, 2.75) is 25.8 Å². The minimum absolute atomic E-state index is 0. The van der Waals surface area contributed by atoms with E-state index in [9.17, 15) is 4.79 Å². The third kappa shape index (κ3) is 5.31. The molecule has 3 aromatic rings. The monoisotopic (exact) mass is 479 g/mol. The molecule has 0 spiro atoms. The highest BCUT2D eigenvalue weighted by atomic mass is 35.5. The molecular weight excluding hydrogens is 457 g/mol. The summed E-state index contributed by atoms with van der Waals surface area (Å²) in [5.74, 6) is 5.89. The summed E-state index contributed by atoms with van der Waals surface area (Å²) in [6, 6.07) is 15.0. The van der Waals surface area contributed by atoms with Crippen molar-refractivity contribution < 1.29 is 4.79 Å². The maximum absolute atomic E-state index is 13.4. The molecule has 8 heteroatoms. The third-order valence-electron chi connectivity index (χ3n) is 5.61. The summed E-state index contributed by atoms with van der Waals surface area (Å²) >= 11 is 6.45. The molecule has 33 heavy (non-hydrogen) atoms. The summed E-state index contributed by atoms with van der Waals surface area (Å²) in [4.78, 5) is 24.3. The van der Waals surface area contributed by atoms with Crippen LogP contribution in [0.25, 0.3) is 0 Å². The van der Waals surface area contributed by atoms with Crippen molar-refractivity contribution in [2.24, 2.45) is 0 Å². The number of aromatic amines is 1. The van der Waals surface area contributed by atoms with E-state index in [1.54, 1.807) is 36.5 Å². The van der Waals surface area contributed by atoms with Crippen LogP contribution in [0.5, 0.6) is 0 Å². The van der Waals surface area contributed by atoms with E-state index in [-0.39, 0.29) is 24.5 Å². The van der Waals surface area contributed by atoms with Gasteiger partial charge in [0.25, 0.3) is 0 Å². The number of amides is 2. The van der Waals surface area contributed by atoms with Gasteiger partial charge >= 0.3 is 6.03 Å². The number of nitrogens with one attached hydrogen (secondary N) is 1. The average molecular weight is 480 g/mol. The molecule has 1 aromatic heterocycles. The molecule has 1 aliphatic heterocycles. The van der Waals surface area contributed by atoms with Gasteiger partial charge in [0, 0.05) is 30.2 Å². The summed E-state index contributed by atoms with van der Waals surface area (Å²) in [7, 11) is 0. The fraction of sp³-hybridized carbons (Fsp3) is 0.240. The zero-order valence-electron chi connectivity index (χ0n) is 18.1. The summed E-state index contributed by atoms with van der Waals surface area (Å²) < 4.78 is 0. The van der Waals surface area contributed by atoms with Crippen LogP contribution in [0.1, 0.15) is 35.3 Å². The van der Waals surface area contributed by atoms with E-state index in [0.29, 0.717) is 36.5 Å². The Labute approximate surface area is 204 Å². The molecule has 168 valence electrons. The number of nitrogens with zero attached hydrogens (tertiary/aromatic N) is 4. The number of hydrogen-bond acceptors (Lipinski definition) is 3. The van der Waals surface area contributed by atoms with Crippen molar-refractivity contribution in [3.05, 3.63) is 82.4 Å². The molecule has 4 rings (SSSR count). The first kappa shape index (κ1) is 24.2. The predicted molar refractivity (Wildman–Crippen MR) is 131 cm³/mol. The molecule has 1 aliphatic rings. The molecule has 0 bridgehead atoms. The van der Waals surface area contributed by atoms with Gasteiger partial charge < -0.3 is 9.88 Å². The van der Waals surface area contributed by atoms with Crippen molar-refractivity contribution in [2.75, 3.05) is 18.0 Å². The van der Waals surface area contributed by atoms with Gasteiger partial charge in [0.2, 0.25) is 0 Å². The Morgan fingerprint density at radius 2 is 2.00 bits per heavy atom. The van der Waals surface area contributed by atoms with Gasteiger partial charge in [-0.2, -0.15) is 5.26 Å². The topological polar surface area (TPSA) is 76.0 Å². The van der Waals surface area contributed by atoms with Crippen LogP contribution in [0.2, 0.25) is 5.02 Å². The minimum Gasteiger partial charge on any atom is -0.347 e.